The van der Waals surface area contributed by atoms with E-state index in [4.69, 9.17) is 0 Å². The zero-order valence-electron chi connectivity index (χ0n) is 13.0. The van der Waals surface area contributed by atoms with E-state index in [-0.39, 0.29) is 5.91 Å². The van der Waals surface area contributed by atoms with Crippen molar-refractivity contribution >= 4 is 17.2 Å². The van der Waals surface area contributed by atoms with Gasteiger partial charge in [-0.2, -0.15) is 0 Å². The smallest absolute Gasteiger partial charge is 0.252 e. The molecule has 4 heteroatoms. The molecule has 1 N–H and O–H groups in total. The van der Waals surface area contributed by atoms with Crippen molar-refractivity contribution in [2.45, 2.75) is 57.9 Å². The standard InChI is InChI=1S/C17H26N2OS/c1-2-19-10-6-7-13(19)11-18-17(20)15-12-21-16-9-5-3-4-8-14(15)16/h12-13H,2-11H2,1H3,(H,18,20). The van der Waals surface area contributed by atoms with Crippen LogP contribution in [0.3, 0.4) is 0 Å². The Morgan fingerprint density at radius 2 is 2.19 bits per heavy atom. The minimum Gasteiger partial charge on any atom is -0.350 e. The maximum Gasteiger partial charge on any atom is 0.252 e. The highest BCUT2D eigenvalue weighted by Gasteiger charge is 2.24. The Morgan fingerprint density at radius 1 is 1.33 bits per heavy atom. The number of carbonyl (C=O) groups excluding carboxylic acids is 1. The summed E-state index contributed by atoms with van der Waals surface area (Å²) in [6.07, 6.45) is 8.55. The van der Waals surface area contributed by atoms with Crippen LogP contribution in [0.15, 0.2) is 5.38 Å². The molecule has 1 aliphatic heterocycles. The first kappa shape index (κ1) is 15.0. The topological polar surface area (TPSA) is 32.3 Å². The normalized spacial score (nSPS) is 22.8. The van der Waals surface area contributed by atoms with Crippen LogP contribution in [0, 0.1) is 0 Å². The third-order valence-corrected chi connectivity index (χ3v) is 6.05. The van der Waals surface area contributed by atoms with E-state index in [2.05, 4.69) is 22.5 Å². The molecular formula is C17H26N2OS. The van der Waals surface area contributed by atoms with Crippen molar-refractivity contribution in [3.8, 4) is 0 Å². The number of aryl methyl sites for hydroxylation is 1. The summed E-state index contributed by atoms with van der Waals surface area (Å²) in [5.41, 5.74) is 2.30. The monoisotopic (exact) mass is 306 g/mol. The van der Waals surface area contributed by atoms with Crippen LogP contribution in [-0.2, 0) is 12.8 Å². The van der Waals surface area contributed by atoms with E-state index in [1.807, 2.05) is 0 Å². The maximum absolute atomic E-state index is 12.5. The van der Waals surface area contributed by atoms with Gasteiger partial charge in [-0.25, -0.2) is 0 Å². The van der Waals surface area contributed by atoms with E-state index in [0.29, 0.717) is 6.04 Å². The maximum atomic E-state index is 12.5. The molecule has 1 amide bonds. The SMILES string of the molecule is CCN1CCCC1CNC(=O)c1csc2c1CCCCC2. The number of likely N-dealkylation sites (N-methyl/N-ethyl adjacent to an activating group) is 1. The fraction of sp³-hybridized carbons (Fsp3) is 0.706. The summed E-state index contributed by atoms with van der Waals surface area (Å²) in [6, 6.07) is 0.538. The summed E-state index contributed by atoms with van der Waals surface area (Å²) in [4.78, 5) is 16.5. The molecule has 2 aliphatic rings. The summed E-state index contributed by atoms with van der Waals surface area (Å²) in [6.45, 7) is 5.29. The van der Waals surface area contributed by atoms with Gasteiger partial charge in [0.1, 0.15) is 0 Å². The van der Waals surface area contributed by atoms with E-state index in [1.165, 1.54) is 55.5 Å². The molecule has 2 heterocycles. The highest BCUT2D eigenvalue weighted by molar-refractivity contribution is 7.10. The van der Waals surface area contributed by atoms with Gasteiger partial charge in [0.25, 0.3) is 5.91 Å². The molecule has 1 atom stereocenters. The molecule has 0 radical (unpaired) electrons. The van der Waals surface area contributed by atoms with Gasteiger partial charge in [0.2, 0.25) is 0 Å². The molecule has 116 valence electrons. The molecule has 0 spiro atoms. The molecule has 3 nitrogen and oxygen atoms in total. The zero-order chi connectivity index (χ0) is 14.7. The van der Waals surface area contributed by atoms with Crippen molar-refractivity contribution in [2.75, 3.05) is 19.6 Å². The van der Waals surface area contributed by atoms with Gasteiger partial charge in [-0.3, -0.25) is 9.69 Å². The third kappa shape index (κ3) is 3.32. The second-order valence-electron chi connectivity index (χ2n) is 6.25. The Labute approximate surface area is 131 Å². The van der Waals surface area contributed by atoms with Gasteiger partial charge >= 0.3 is 0 Å². The van der Waals surface area contributed by atoms with Crippen LogP contribution in [0.4, 0.5) is 0 Å². The number of amides is 1. The van der Waals surface area contributed by atoms with Gasteiger partial charge in [-0.15, -0.1) is 11.3 Å². The molecule has 1 saturated heterocycles. The summed E-state index contributed by atoms with van der Waals surface area (Å²) in [5, 5.41) is 5.27. The average molecular weight is 306 g/mol. The molecule has 3 rings (SSSR count). The van der Waals surface area contributed by atoms with Crippen molar-refractivity contribution < 1.29 is 4.79 Å². The quantitative estimate of drug-likeness (QED) is 0.866. The largest absolute Gasteiger partial charge is 0.350 e. The van der Waals surface area contributed by atoms with Gasteiger partial charge < -0.3 is 5.32 Å². The summed E-state index contributed by atoms with van der Waals surface area (Å²) in [5.74, 6) is 0.150. The van der Waals surface area contributed by atoms with Gasteiger partial charge in [-0.1, -0.05) is 13.3 Å². The van der Waals surface area contributed by atoms with Gasteiger partial charge in [-0.05, 0) is 57.2 Å². The van der Waals surface area contributed by atoms with Crippen LogP contribution in [-0.4, -0.2) is 36.5 Å². The Kier molecular flexibility index (Phi) is 4.96. The summed E-state index contributed by atoms with van der Waals surface area (Å²) < 4.78 is 0. The lowest BCUT2D eigenvalue weighted by Gasteiger charge is -2.22. The molecule has 21 heavy (non-hydrogen) atoms. The first-order valence-corrected chi connectivity index (χ1v) is 9.29. The van der Waals surface area contributed by atoms with Crippen molar-refractivity contribution in [3.63, 3.8) is 0 Å². The minimum absolute atomic E-state index is 0.150. The Morgan fingerprint density at radius 3 is 3.05 bits per heavy atom. The van der Waals surface area contributed by atoms with E-state index in [9.17, 15) is 4.79 Å². The first-order valence-electron chi connectivity index (χ1n) is 8.41. The molecule has 1 aromatic heterocycles. The Balaban J connectivity index is 1.62. The lowest BCUT2D eigenvalue weighted by Crippen LogP contribution is -2.40. The third-order valence-electron chi connectivity index (χ3n) is 4.96. The lowest BCUT2D eigenvalue weighted by atomic mass is 10.1. The van der Waals surface area contributed by atoms with Crippen LogP contribution in [0.2, 0.25) is 0 Å². The predicted octanol–water partition coefficient (Wildman–Crippen LogP) is 3.23. The molecule has 0 aromatic carbocycles. The second-order valence-corrected chi connectivity index (χ2v) is 7.21. The van der Waals surface area contributed by atoms with Crippen LogP contribution in [0.5, 0.6) is 0 Å². The van der Waals surface area contributed by atoms with Gasteiger partial charge in [0, 0.05) is 22.8 Å². The number of nitrogens with zero attached hydrogens (tertiary/aromatic N) is 1. The van der Waals surface area contributed by atoms with Gasteiger partial charge in [0.15, 0.2) is 0 Å². The number of fused-ring (bicyclic) bond motifs is 1. The number of nitrogens with one attached hydrogen (secondary N) is 1. The fourth-order valence-corrected chi connectivity index (χ4v) is 4.84. The van der Waals surface area contributed by atoms with Crippen LogP contribution in [0.1, 0.15) is 59.8 Å². The Bertz CT molecular complexity index is 497. The van der Waals surface area contributed by atoms with Crippen molar-refractivity contribution in [1.82, 2.24) is 10.2 Å². The molecule has 1 unspecified atom stereocenters. The van der Waals surface area contributed by atoms with Gasteiger partial charge in [0.05, 0.1) is 5.56 Å². The van der Waals surface area contributed by atoms with Crippen LogP contribution >= 0.6 is 11.3 Å². The molecule has 1 fully saturated rings. The number of hydrogen-bond donors (Lipinski definition) is 1. The number of hydrogen-bond acceptors (Lipinski definition) is 3. The average Bonchev–Trinajstić information content (AvgIpc) is 3.05. The molecule has 0 bridgehead atoms. The Hall–Kier alpha value is -0.870. The second kappa shape index (κ2) is 6.93. The summed E-state index contributed by atoms with van der Waals surface area (Å²) >= 11 is 1.79. The molecule has 0 saturated carbocycles. The molecule has 1 aliphatic carbocycles. The number of thiophene rings is 1. The number of rotatable bonds is 4. The van der Waals surface area contributed by atoms with E-state index < -0.39 is 0 Å². The van der Waals surface area contributed by atoms with Crippen molar-refractivity contribution in [1.29, 1.82) is 0 Å². The minimum atomic E-state index is 0.150. The van der Waals surface area contributed by atoms with Crippen LogP contribution in [0.25, 0.3) is 0 Å². The van der Waals surface area contributed by atoms with Crippen molar-refractivity contribution in [2.24, 2.45) is 0 Å². The molecular weight excluding hydrogens is 280 g/mol. The summed E-state index contributed by atoms with van der Waals surface area (Å²) in [7, 11) is 0. The molecule has 1 aromatic rings. The highest BCUT2D eigenvalue weighted by Crippen LogP contribution is 2.29. The number of carbonyl (C=O) groups is 1. The zero-order valence-corrected chi connectivity index (χ0v) is 13.8. The van der Waals surface area contributed by atoms with E-state index in [1.54, 1.807) is 11.3 Å². The fourth-order valence-electron chi connectivity index (χ4n) is 3.71. The van der Waals surface area contributed by atoms with E-state index >= 15 is 0 Å². The number of likely N-dealkylation sites (tertiary alicyclic amines) is 1. The van der Waals surface area contributed by atoms with Crippen LogP contribution < -0.4 is 5.32 Å². The first-order chi connectivity index (χ1) is 10.3. The van der Waals surface area contributed by atoms with Crippen molar-refractivity contribution in [3.05, 3.63) is 21.4 Å². The predicted molar refractivity (Wildman–Crippen MR) is 88.2 cm³/mol. The lowest BCUT2D eigenvalue weighted by molar-refractivity contribution is 0.0941. The van der Waals surface area contributed by atoms with E-state index in [0.717, 1.165) is 25.1 Å². The highest BCUT2D eigenvalue weighted by atomic mass is 32.1.